The van der Waals surface area contributed by atoms with Gasteiger partial charge in [-0.25, -0.2) is 5.43 Å². The third-order valence-corrected chi connectivity index (χ3v) is 2.76. The summed E-state index contributed by atoms with van der Waals surface area (Å²) in [6.07, 6.45) is 1.48. The number of nitrogens with zero attached hydrogens (tertiary/aromatic N) is 3. The minimum atomic E-state index is -0.322. The highest BCUT2D eigenvalue weighted by Gasteiger charge is 1.99. The molecule has 0 amide bonds. The molecule has 0 unspecified atom stereocenters. The lowest BCUT2D eigenvalue weighted by molar-refractivity contribution is 0.897. The lowest BCUT2D eigenvalue weighted by atomic mass is 10.2. The van der Waals surface area contributed by atoms with E-state index < -0.39 is 0 Å². The van der Waals surface area contributed by atoms with Crippen molar-refractivity contribution in [1.29, 1.82) is 0 Å². The number of anilines is 1. The van der Waals surface area contributed by atoms with Gasteiger partial charge in [0.2, 0.25) is 5.95 Å². The van der Waals surface area contributed by atoms with E-state index in [1.165, 1.54) is 6.21 Å². The van der Waals surface area contributed by atoms with Crippen molar-refractivity contribution in [3.05, 3.63) is 49.9 Å². The second-order valence-electron chi connectivity index (χ2n) is 3.62. The van der Waals surface area contributed by atoms with Crippen LogP contribution in [0.3, 0.4) is 0 Å². The Bertz CT molecular complexity index is 683. The second kappa shape index (κ2) is 5.81. The molecule has 0 atom stereocenters. The summed E-state index contributed by atoms with van der Waals surface area (Å²) < 4.78 is 0. The molecule has 98 valence electrons. The van der Waals surface area contributed by atoms with E-state index in [0.29, 0.717) is 15.6 Å². The van der Waals surface area contributed by atoms with Crippen LogP contribution in [0.5, 0.6) is 0 Å². The van der Waals surface area contributed by atoms with Crippen molar-refractivity contribution in [2.75, 3.05) is 5.43 Å². The Morgan fingerprint density at radius 2 is 2.16 bits per heavy atom. The number of nitrogens with one attached hydrogen (secondary N) is 2. The number of benzene rings is 1. The van der Waals surface area contributed by atoms with Gasteiger partial charge in [0.15, 0.2) is 0 Å². The van der Waals surface area contributed by atoms with Crippen LogP contribution < -0.4 is 11.0 Å². The fraction of sp³-hybridized carbons (Fsp3) is 0.0909. The number of rotatable bonds is 3. The number of H-pyrrole nitrogens is 1. The molecule has 0 aliphatic carbocycles. The molecule has 1 heterocycles. The molecule has 0 aliphatic heterocycles. The Kier molecular flexibility index (Phi) is 4.13. The Morgan fingerprint density at radius 3 is 2.84 bits per heavy atom. The standard InChI is InChI=1S/C11H9Cl2N5O/c1-6-10(19)15-11(18-16-6)17-14-5-7-2-3-8(12)4-9(7)13/h2-5H,1H3,(H2,15,17,18,19)/b14-5-. The summed E-state index contributed by atoms with van der Waals surface area (Å²) in [5, 5.41) is 12.3. The Hall–Kier alpha value is -1.92. The molecule has 0 bridgehead atoms. The molecular formula is C11H9Cl2N5O. The zero-order valence-corrected chi connectivity index (χ0v) is 11.3. The summed E-state index contributed by atoms with van der Waals surface area (Å²) in [4.78, 5) is 13.8. The lowest BCUT2D eigenvalue weighted by Gasteiger charge is -2.00. The highest BCUT2D eigenvalue weighted by Crippen LogP contribution is 2.19. The number of halogens is 2. The summed E-state index contributed by atoms with van der Waals surface area (Å²) in [6.45, 7) is 1.56. The number of hydrogen-bond donors (Lipinski definition) is 2. The monoisotopic (exact) mass is 297 g/mol. The van der Waals surface area contributed by atoms with E-state index in [-0.39, 0.29) is 17.2 Å². The number of hydrogen-bond acceptors (Lipinski definition) is 5. The molecule has 2 N–H and O–H groups in total. The van der Waals surface area contributed by atoms with Gasteiger partial charge in [-0.15, -0.1) is 10.2 Å². The van der Waals surface area contributed by atoms with Gasteiger partial charge < -0.3 is 0 Å². The van der Waals surface area contributed by atoms with Crippen LogP contribution in [0.1, 0.15) is 11.3 Å². The molecular weight excluding hydrogens is 289 g/mol. The molecule has 2 rings (SSSR count). The lowest BCUT2D eigenvalue weighted by Crippen LogP contribution is -2.15. The molecule has 1 aromatic carbocycles. The minimum absolute atomic E-state index is 0.150. The molecule has 8 heteroatoms. The number of aromatic nitrogens is 3. The molecule has 0 saturated heterocycles. The van der Waals surface area contributed by atoms with E-state index >= 15 is 0 Å². The highest BCUT2D eigenvalue weighted by atomic mass is 35.5. The number of aryl methyl sites for hydroxylation is 1. The predicted molar refractivity (Wildman–Crippen MR) is 75.1 cm³/mol. The van der Waals surface area contributed by atoms with Gasteiger partial charge in [-0.2, -0.15) is 5.10 Å². The van der Waals surface area contributed by atoms with Gasteiger partial charge in [0.25, 0.3) is 5.56 Å². The summed E-state index contributed by atoms with van der Waals surface area (Å²) in [5.74, 6) is 0.150. The molecule has 2 aromatic rings. The molecule has 0 radical (unpaired) electrons. The number of aromatic amines is 1. The first-order valence-corrected chi connectivity index (χ1v) is 5.99. The molecule has 6 nitrogen and oxygen atoms in total. The van der Waals surface area contributed by atoms with E-state index in [9.17, 15) is 4.79 Å². The molecule has 19 heavy (non-hydrogen) atoms. The van der Waals surface area contributed by atoms with Crippen LogP contribution in [0.25, 0.3) is 0 Å². The SMILES string of the molecule is Cc1nnc(N/N=C\c2ccc(Cl)cc2Cl)[nH]c1=O. The zero-order chi connectivity index (χ0) is 13.8. The topological polar surface area (TPSA) is 83.0 Å². The van der Waals surface area contributed by atoms with Crippen molar-refractivity contribution in [2.45, 2.75) is 6.92 Å². The Labute approximate surface area is 118 Å². The van der Waals surface area contributed by atoms with Gasteiger partial charge in [0, 0.05) is 10.6 Å². The Morgan fingerprint density at radius 1 is 1.37 bits per heavy atom. The van der Waals surface area contributed by atoms with Crippen LogP contribution >= 0.6 is 23.2 Å². The third kappa shape index (κ3) is 3.52. The van der Waals surface area contributed by atoms with Crippen LogP contribution in [0.2, 0.25) is 10.0 Å². The fourth-order valence-corrected chi connectivity index (χ4v) is 1.67. The van der Waals surface area contributed by atoms with Gasteiger partial charge in [0.1, 0.15) is 5.69 Å². The fourth-order valence-electron chi connectivity index (χ4n) is 1.21. The summed E-state index contributed by atoms with van der Waals surface area (Å²) >= 11 is 11.7. The van der Waals surface area contributed by atoms with Crippen molar-refractivity contribution in [3.63, 3.8) is 0 Å². The van der Waals surface area contributed by atoms with Gasteiger partial charge in [0.05, 0.1) is 11.2 Å². The summed E-state index contributed by atoms with van der Waals surface area (Å²) in [7, 11) is 0. The molecule has 0 aliphatic rings. The van der Waals surface area contributed by atoms with Gasteiger partial charge >= 0.3 is 0 Å². The summed E-state index contributed by atoms with van der Waals surface area (Å²) in [6, 6.07) is 5.03. The molecule has 0 fully saturated rings. The Balaban J connectivity index is 2.11. The molecule has 1 aromatic heterocycles. The second-order valence-corrected chi connectivity index (χ2v) is 4.47. The van der Waals surface area contributed by atoms with Gasteiger partial charge in [-0.3, -0.25) is 9.78 Å². The first-order chi connectivity index (χ1) is 9.06. The van der Waals surface area contributed by atoms with Crippen molar-refractivity contribution >= 4 is 35.4 Å². The van der Waals surface area contributed by atoms with Crippen LogP contribution in [0.15, 0.2) is 28.1 Å². The van der Waals surface area contributed by atoms with E-state index in [4.69, 9.17) is 23.2 Å². The van der Waals surface area contributed by atoms with Crippen LogP contribution in [-0.2, 0) is 0 Å². The van der Waals surface area contributed by atoms with Gasteiger partial charge in [-0.1, -0.05) is 29.3 Å². The van der Waals surface area contributed by atoms with Crippen molar-refractivity contribution in [2.24, 2.45) is 5.10 Å². The average molecular weight is 298 g/mol. The van der Waals surface area contributed by atoms with Gasteiger partial charge in [-0.05, 0) is 19.1 Å². The van der Waals surface area contributed by atoms with E-state index in [2.05, 4.69) is 25.7 Å². The number of hydrazone groups is 1. The van der Waals surface area contributed by atoms with E-state index in [0.717, 1.165) is 0 Å². The van der Waals surface area contributed by atoms with Crippen LogP contribution in [-0.4, -0.2) is 21.4 Å². The van der Waals surface area contributed by atoms with Crippen LogP contribution in [0, 0.1) is 6.92 Å². The predicted octanol–water partition coefficient (Wildman–Crippen LogP) is 2.23. The maximum Gasteiger partial charge on any atom is 0.274 e. The minimum Gasteiger partial charge on any atom is -0.288 e. The van der Waals surface area contributed by atoms with E-state index in [1.807, 2.05) is 0 Å². The van der Waals surface area contributed by atoms with E-state index in [1.54, 1.807) is 25.1 Å². The smallest absolute Gasteiger partial charge is 0.274 e. The van der Waals surface area contributed by atoms with Crippen molar-refractivity contribution < 1.29 is 0 Å². The van der Waals surface area contributed by atoms with Crippen LogP contribution in [0.4, 0.5) is 5.95 Å². The first kappa shape index (κ1) is 13.5. The quantitative estimate of drug-likeness (QED) is 0.672. The summed E-state index contributed by atoms with van der Waals surface area (Å²) in [5.41, 5.74) is 3.20. The molecule has 0 spiro atoms. The zero-order valence-electron chi connectivity index (χ0n) is 9.82. The molecule has 0 saturated carbocycles. The highest BCUT2D eigenvalue weighted by molar-refractivity contribution is 6.36. The van der Waals surface area contributed by atoms with Crippen molar-refractivity contribution in [3.8, 4) is 0 Å². The normalized spacial score (nSPS) is 10.9. The average Bonchev–Trinajstić information content (AvgIpc) is 2.36. The maximum atomic E-state index is 11.3. The van der Waals surface area contributed by atoms with Crippen molar-refractivity contribution in [1.82, 2.24) is 15.2 Å². The maximum absolute atomic E-state index is 11.3. The first-order valence-electron chi connectivity index (χ1n) is 5.24. The largest absolute Gasteiger partial charge is 0.288 e. The third-order valence-electron chi connectivity index (χ3n) is 2.20.